The number of nitrogens with zero attached hydrogens (tertiary/aromatic N) is 3. The number of rotatable bonds is 4. The molecule has 0 radical (unpaired) electrons. The van der Waals surface area contributed by atoms with E-state index in [9.17, 15) is 0 Å². The Labute approximate surface area is 142 Å². The zero-order valence-electron chi connectivity index (χ0n) is 14.2. The molecule has 1 N–H and O–H groups in total. The average molecular weight is 320 g/mol. The van der Waals surface area contributed by atoms with Gasteiger partial charge < -0.3 is 9.88 Å². The van der Waals surface area contributed by atoms with Crippen LogP contribution in [0.15, 0.2) is 42.6 Å². The molecule has 0 unspecified atom stereocenters. The van der Waals surface area contributed by atoms with Crippen molar-refractivity contribution in [2.24, 2.45) is 0 Å². The van der Waals surface area contributed by atoms with E-state index >= 15 is 0 Å². The lowest BCUT2D eigenvalue weighted by Gasteiger charge is -2.26. The summed E-state index contributed by atoms with van der Waals surface area (Å²) in [6.07, 6.45) is 6.25. The minimum absolute atomic E-state index is 0.511. The van der Waals surface area contributed by atoms with Crippen LogP contribution < -0.4 is 5.32 Å². The van der Waals surface area contributed by atoms with Gasteiger partial charge in [-0.25, -0.2) is 9.97 Å². The molecule has 4 nitrogen and oxygen atoms in total. The summed E-state index contributed by atoms with van der Waals surface area (Å²) in [6.45, 7) is 4.24. The average Bonchev–Trinajstić information content (AvgIpc) is 2.99. The Morgan fingerprint density at radius 2 is 1.92 bits per heavy atom. The zero-order valence-corrected chi connectivity index (χ0v) is 14.2. The highest BCUT2D eigenvalue weighted by molar-refractivity contribution is 5.72. The Balaban J connectivity index is 1.69. The number of fused-ring (bicyclic) bond motifs is 1. The maximum absolute atomic E-state index is 4.94. The van der Waals surface area contributed by atoms with Gasteiger partial charge in [-0.15, -0.1) is 0 Å². The van der Waals surface area contributed by atoms with E-state index in [0.29, 0.717) is 6.04 Å². The van der Waals surface area contributed by atoms with E-state index in [-0.39, 0.29) is 0 Å². The molecule has 3 heterocycles. The minimum atomic E-state index is 0.511. The van der Waals surface area contributed by atoms with Crippen molar-refractivity contribution in [2.45, 2.75) is 38.6 Å². The van der Waals surface area contributed by atoms with Crippen molar-refractivity contribution in [3.8, 4) is 0 Å². The lowest BCUT2D eigenvalue weighted by Crippen LogP contribution is -2.30. The van der Waals surface area contributed by atoms with Crippen LogP contribution in [-0.4, -0.2) is 27.6 Å². The van der Waals surface area contributed by atoms with Gasteiger partial charge in [-0.05, 0) is 56.5 Å². The van der Waals surface area contributed by atoms with E-state index in [1.807, 2.05) is 6.20 Å². The van der Waals surface area contributed by atoms with Gasteiger partial charge in [-0.2, -0.15) is 0 Å². The number of nitrogens with one attached hydrogen (secondary N) is 1. The molecule has 1 aliphatic heterocycles. The third-order valence-corrected chi connectivity index (χ3v) is 4.89. The number of aryl methyl sites for hydroxylation is 3. The summed E-state index contributed by atoms with van der Waals surface area (Å²) in [5.41, 5.74) is 4.63. The van der Waals surface area contributed by atoms with E-state index in [0.717, 1.165) is 49.9 Å². The van der Waals surface area contributed by atoms with Crippen LogP contribution in [0.25, 0.3) is 11.2 Å². The van der Waals surface area contributed by atoms with E-state index in [4.69, 9.17) is 9.97 Å². The number of imidazole rings is 1. The van der Waals surface area contributed by atoms with Crippen LogP contribution in [0.5, 0.6) is 0 Å². The van der Waals surface area contributed by atoms with Crippen molar-refractivity contribution in [3.63, 3.8) is 0 Å². The molecule has 4 heteroatoms. The van der Waals surface area contributed by atoms with Crippen molar-refractivity contribution in [3.05, 3.63) is 59.5 Å². The van der Waals surface area contributed by atoms with E-state index in [2.05, 4.69) is 53.2 Å². The molecule has 0 aliphatic carbocycles. The molecule has 1 fully saturated rings. The van der Waals surface area contributed by atoms with Gasteiger partial charge in [-0.3, -0.25) is 0 Å². The lowest BCUT2D eigenvalue weighted by molar-refractivity contribution is 0.365. The minimum Gasteiger partial charge on any atom is -0.317 e. The fourth-order valence-electron chi connectivity index (χ4n) is 3.66. The van der Waals surface area contributed by atoms with Crippen molar-refractivity contribution in [1.29, 1.82) is 0 Å². The first-order valence-electron chi connectivity index (χ1n) is 8.89. The fraction of sp³-hybridized carbons (Fsp3) is 0.400. The van der Waals surface area contributed by atoms with Crippen LogP contribution in [0.3, 0.4) is 0 Å². The van der Waals surface area contributed by atoms with Gasteiger partial charge >= 0.3 is 0 Å². The largest absolute Gasteiger partial charge is 0.317 e. The normalized spacial score (nSPS) is 15.9. The molecular formula is C20H24N4. The van der Waals surface area contributed by atoms with E-state index in [1.165, 1.54) is 17.0 Å². The Morgan fingerprint density at radius 1 is 1.12 bits per heavy atom. The molecule has 1 aliphatic rings. The zero-order chi connectivity index (χ0) is 16.4. The van der Waals surface area contributed by atoms with E-state index in [1.54, 1.807) is 0 Å². The first-order valence-corrected chi connectivity index (χ1v) is 8.89. The molecule has 3 aromatic rings. The highest BCUT2D eigenvalue weighted by Gasteiger charge is 2.21. The number of hydrogen-bond donors (Lipinski definition) is 1. The summed E-state index contributed by atoms with van der Waals surface area (Å²) in [6, 6.07) is 13.3. The molecule has 0 bridgehead atoms. The van der Waals surface area contributed by atoms with Gasteiger partial charge in [0.05, 0.1) is 0 Å². The molecule has 0 atom stereocenters. The number of piperidine rings is 1. The maximum atomic E-state index is 4.94. The van der Waals surface area contributed by atoms with Gasteiger partial charge in [0.25, 0.3) is 0 Å². The van der Waals surface area contributed by atoms with Crippen LogP contribution in [0.4, 0.5) is 0 Å². The van der Waals surface area contributed by atoms with Crippen molar-refractivity contribution in [2.75, 3.05) is 13.1 Å². The smallest absolute Gasteiger partial charge is 0.160 e. The summed E-state index contributed by atoms with van der Waals surface area (Å²) < 4.78 is 2.42. The molecule has 1 aromatic carbocycles. The SMILES string of the molecule is Cc1cnc2c(c1)nc(CCc1ccccc1)n2C1CCNCC1. The van der Waals surface area contributed by atoms with Crippen LogP contribution in [0.2, 0.25) is 0 Å². The van der Waals surface area contributed by atoms with Crippen molar-refractivity contribution < 1.29 is 0 Å². The molecule has 0 spiro atoms. The number of aromatic nitrogens is 3. The maximum Gasteiger partial charge on any atom is 0.160 e. The van der Waals surface area contributed by atoms with Crippen molar-refractivity contribution in [1.82, 2.24) is 19.9 Å². The number of hydrogen-bond acceptors (Lipinski definition) is 3. The highest BCUT2D eigenvalue weighted by atomic mass is 15.2. The Kier molecular flexibility index (Phi) is 4.30. The molecular weight excluding hydrogens is 296 g/mol. The standard InChI is InChI=1S/C20H24N4/c1-15-13-18-20(22-14-15)24(17-9-11-21-12-10-17)19(23-18)8-7-16-5-3-2-4-6-16/h2-6,13-14,17,21H,7-12H2,1H3. The fourth-order valence-corrected chi connectivity index (χ4v) is 3.66. The monoisotopic (exact) mass is 320 g/mol. The molecule has 2 aromatic heterocycles. The molecule has 4 rings (SSSR count). The van der Waals surface area contributed by atoms with Gasteiger partial charge in [0, 0.05) is 18.7 Å². The van der Waals surface area contributed by atoms with Crippen LogP contribution in [0, 0.1) is 6.92 Å². The second kappa shape index (κ2) is 6.73. The first kappa shape index (κ1) is 15.3. The molecule has 1 saturated heterocycles. The second-order valence-electron chi connectivity index (χ2n) is 6.72. The lowest BCUT2D eigenvalue weighted by atomic mass is 10.1. The third-order valence-electron chi connectivity index (χ3n) is 4.89. The number of benzene rings is 1. The summed E-state index contributed by atoms with van der Waals surface area (Å²) in [5.74, 6) is 1.18. The van der Waals surface area contributed by atoms with Crippen LogP contribution in [-0.2, 0) is 12.8 Å². The molecule has 124 valence electrons. The summed E-state index contributed by atoms with van der Waals surface area (Å²) in [5, 5.41) is 3.46. The molecule has 0 amide bonds. The predicted octanol–water partition coefficient (Wildman–Crippen LogP) is 3.45. The predicted molar refractivity (Wildman–Crippen MR) is 97.3 cm³/mol. The Bertz CT molecular complexity index is 816. The summed E-state index contributed by atoms with van der Waals surface area (Å²) in [7, 11) is 0. The van der Waals surface area contributed by atoms with Gasteiger partial charge in [-0.1, -0.05) is 30.3 Å². The van der Waals surface area contributed by atoms with E-state index < -0.39 is 0 Å². The quantitative estimate of drug-likeness (QED) is 0.800. The third kappa shape index (κ3) is 3.06. The Hall–Kier alpha value is -2.20. The van der Waals surface area contributed by atoms with Gasteiger partial charge in [0.1, 0.15) is 11.3 Å². The summed E-state index contributed by atoms with van der Waals surface area (Å²) in [4.78, 5) is 9.66. The molecule has 0 saturated carbocycles. The molecule has 24 heavy (non-hydrogen) atoms. The van der Waals surface area contributed by atoms with Gasteiger partial charge in [0.15, 0.2) is 5.65 Å². The van der Waals surface area contributed by atoms with Crippen LogP contribution in [0.1, 0.15) is 35.8 Å². The van der Waals surface area contributed by atoms with Gasteiger partial charge in [0.2, 0.25) is 0 Å². The van der Waals surface area contributed by atoms with Crippen molar-refractivity contribution >= 4 is 11.2 Å². The van der Waals surface area contributed by atoms with Crippen LogP contribution >= 0.6 is 0 Å². The Morgan fingerprint density at radius 3 is 2.71 bits per heavy atom. The number of pyridine rings is 1. The first-order chi connectivity index (χ1) is 11.8. The topological polar surface area (TPSA) is 42.7 Å². The summed E-state index contributed by atoms with van der Waals surface area (Å²) >= 11 is 0. The second-order valence-corrected chi connectivity index (χ2v) is 6.72. The highest BCUT2D eigenvalue weighted by Crippen LogP contribution is 2.27.